The summed E-state index contributed by atoms with van der Waals surface area (Å²) in [4.78, 5) is 25.2. The smallest absolute Gasteiger partial charge is 0.335 e. The lowest BCUT2D eigenvalue weighted by Gasteiger charge is -2.30. The first-order valence-corrected chi connectivity index (χ1v) is 7.19. The Hall–Kier alpha value is -1.84. The van der Waals surface area contributed by atoms with Crippen LogP contribution in [0.3, 0.4) is 0 Å². The monoisotopic (exact) mass is 275 g/mol. The third-order valence-electron chi connectivity index (χ3n) is 3.97. The third kappa shape index (κ3) is 3.00. The molecule has 2 rings (SSSR count). The van der Waals surface area contributed by atoms with Crippen LogP contribution in [0.25, 0.3) is 0 Å². The van der Waals surface area contributed by atoms with Gasteiger partial charge >= 0.3 is 5.97 Å². The molecule has 20 heavy (non-hydrogen) atoms. The number of aryl methyl sites for hydroxylation is 1. The van der Waals surface area contributed by atoms with Crippen LogP contribution in [-0.4, -0.2) is 23.5 Å². The maximum absolute atomic E-state index is 12.4. The van der Waals surface area contributed by atoms with Gasteiger partial charge in [0.1, 0.15) is 0 Å². The van der Waals surface area contributed by atoms with E-state index in [4.69, 9.17) is 5.11 Å². The van der Waals surface area contributed by atoms with Gasteiger partial charge in [-0.1, -0.05) is 20.3 Å². The quantitative estimate of drug-likeness (QED) is 0.918. The minimum Gasteiger partial charge on any atom is -0.478 e. The van der Waals surface area contributed by atoms with Crippen molar-refractivity contribution in [2.75, 3.05) is 11.4 Å². The molecule has 0 radical (unpaired) electrons. The van der Waals surface area contributed by atoms with E-state index in [1.807, 2.05) is 4.90 Å². The summed E-state index contributed by atoms with van der Waals surface area (Å²) in [7, 11) is 0. The molecule has 1 N–H and O–H groups in total. The summed E-state index contributed by atoms with van der Waals surface area (Å²) in [5, 5.41) is 9.03. The summed E-state index contributed by atoms with van der Waals surface area (Å²) < 4.78 is 0. The highest BCUT2D eigenvalue weighted by Crippen LogP contribution is 2.29. The number of carboxylic acids is 1. The molecule has 108 valence electrons. The van der Waals surface area contributed by atoms with Gasteiger partial charge < -0.3 is 10.0 Å². The Labute approximate surface area is 119 Å². The van der Waals surface area contributed by atoms with Crippen LogP contribution in [0.4, 0.5) is 5.69 Å². The van der Waals surface area contributed by atoms with Crippen molar-refractivity contribution in [1.82, 2.24) is 0 Å². The van der Waals surface area contributed by atoms with E-state index in [9.17, 15) is 9.59 Å². The first-order chi connectivity index (χ1) is 9.52. The number of hydrogen-bond donors (Lipinski definition) is 1. The Bertz CT molecular complexity index is 524. The van der Waals surface area contributed by atoms with Crippen LogP contribution < -0.4 is 4.90 Å². The van der Waals surface area contributed by atoms with Crippen molar-refractivity contribution in [1.29, 1.82) is 0 Å². The molecule has 0 spiro atoms. The van der Waals surface area contributed by atoms with Gasteiger partial charge in [-0.05, 0) is 42.5 Å². The van der Waals surface area contributed by atoms with E-state index < -0.39 is 5.97 Å². The molecular weight excluding hydrogens is 254 g/mol. The van der Waals surface area contributed by atoms with Crippen molar-refractivity contribution in [2.45, 2.75) is 39.5 Å². The van der Waals surface area contributed by atoms with Crippen molar-refractivity contribution >= 4 is 17.6 Å². The molecule has 0 saturated heterocycles. The minimum absolute atomic E-state index is 0.142. The number of carbonyl (C=O) groups is 2. The number of rotatable bonds is 4. The summed E-state index contributed by atoms with van der Waals surface area (Å²) in [5.74, 6) is -0.398. The fraction of sp³-hybridized carbons (Fsp3) is 0.500. The van der Waals surface area contributed by atoms with Crippen molar-refractivity contribution in [3.05, 3.63) is 29.3 Å². The second-order valence-corrected chi connectivity index (χ2v) is 5.52. The first kappa shape index (κ1) is 14.6. The fourth-order valence-electron chi connectivity index (χ4n) is 2.54. The second kappa shape index (κ2) is 6.07. The van der Waals surface area contributed by atoms with Crippen molar-refractivity contribution in [3.8, 4) is 0 Å². The van der Waals surface area contributed by atoms with Gasteiger partial charge in [-0.25, -0.2) is 4.79 Å². The maximum Gasteiger partial charge on any atom is 0.335 e. The highest BCUT2D eigenvalue weighted by Gasteiger charge is 2.24. The normalized spacial score (nSPS) is 15.6. The summed E-state index contributed by atoms with van der Waals surface area (Å²) in [6, 6.07) is 5.04. The molecule has 0 aliphatic carbocycles. The lowest BCUT2D eigenvalue weighted by molar-refractivity contribution is -0.119. The van der Waals surface area contributed by atoms with E-state index >= 15 is 0 Å². The van der Waals surface area contributed by atoms with Crippen molar-refractivity contribution in [2.24, 2.45) is 5.92 Å². The summed E-state index contributed by atoms with van der Waals surface area (Å²) in [6.45, 7) is 4.90. The topological polar surface area (TPSA) is 57.6 Å². The molecule has 1 atom stereocenters. The molecule has 1 unspecified atom stereocenters. The van der Waals surface area contributed by atoms with Gasteiger partial charge in [-0.3, -0.25) is 4.79 Å². The van der Waals surface area contributed by atoms with Crippen LogP contribution in [0.5, 0.6) is 0 Å². The largest absolute Gasteiger partial charge is 0.478 e. The Morgan fingerprint density at radius 1 is 1.40 bits per heavy atom. The van der Waals surface area contributed by atoms with Crippen molar-refractivity contribution in [3.63, 3.8) is 0 Å². The predicted octanol–water partition coefficient (Wildman–Crippen LogP) is 3.10. The molecule has 0 fully saturated rings. The van der Waals surface area contributed by atoms with E-state index in [1.165, 1.54) is 0 Å². The number of anilines is 1. The molecular formula is C16H21NO3. The van der Waals surface area contributed by atoms with Gasteiger partial charge in [0.05, 0.1) is 5.56 Å². The second-order valence-electron chi connectivity index (χ2n) is 5.52. The van der Waals surface area contributed by atoms with Gasteiger partial charge in [-0.2, -0.15) is 0 Å². The number of hydrogen-bond acceptors (Lipinski definition) is 2. The fourth-order valence-corrected chi connectivity index (χ4v) is 2.54. The first-order valence-electron chi connectivity index (χ1n) is 7.19. The zero-order chi connectivity index (χ0) is 14.7. The Morgan fingerprint density at radius 2 is 2.15 bits per heavy atom. The number of nitrogens with zero attached hydrogens (tertiary/aromatic N) is 1. The standard InChI is InChI=1S/C16H21NO3/c1-3-11(2)9-15(18)17-8-4-5-12-10-13(16(19)20)6-7-14(12)17/h6-7,10-11H,3-5,8-9H2,1-2H3,(H,19,20). The number of fused-ring (bicyclic) bond motifs is 1. The third-order valence-corrected chi connectivity index (χ3v) is 3.97. The lowest BCUT2D eigenvalue weighted by Crippen LogP contribution is -2.36. The van der Waals surface area contributed by atoms with Gasteiger partial charge in [0.15, 0.2) is 0 Å². The van der Waals surface area contributed by atoms with Crippen LogP contribution in [0.15, 0.2) is 18.2 Å². The molecule has 0 bridgehead atoms. The number of benzene rings is 1. The highest BCUT2D eigenvalue weighted by molar-refractivity contribution is 5.96. The SMILES string of the molecule is CCC(C)CC(=O)N1CCCc2cc(C(=O)O)ccc21. The predicted molar refractivity (Wildman–Crippen MR) is 78.1 cm³/mol. The molecule has 0 aromatic heterocycles. The zero-order valence-corrected chi connectivity index (χ0v) is 12.1. The number of amides is 1. The number of carboxylic acid groups (broad SMARTS) is 1. The van der Waals surface area contributed by atoms with Crippen LogP contribution in [-0.2, 0) is 11.2 Å². The Morgan fingerprint density at radius 3 is 2.80 bits per heavy atom. The van der Waals surface area contributed by atoms with Gasteiger partial charge in [0.2, 0.25) is 5.91 Å². The molecule has 4 nitrogen and oxygen atoms in total. The van der Waals surface area contributed by atoms with Gasteiger partial charge in [0, 0.05) is 18.7 Å². The van der Waals surface area contributed by atoms with E-state index in [2.05, 4.69) is 13.8 Å². The van der Waals surface area contributed by atoms with Crippen LogP contribution in [0.1, 0.15) is 49.0 Å². The summed E-state index contributed by atoms with van der Waals surface area (Å²) in [6.07, 6.45) is 3.27. The average molecular weight is 275 g/mol. The van der Waals surface area contributed by atoms with Crippen LogP contribution >= 0.6 is 0 Å². The molecule has 1 aliphatic heterocycles. The Balaban J connectivity index is 2.24. The molecule has 1 aromatic rings. The zero-order valence-electron chi connectivity index (χ0n) is 12.1. The molecule has 4 heteroatoms. The van der Waals surface area contributed by atoms with Gasteiger partial charge in [0.25, 0.3) is 0 Å². The molecule has 1 aliphatic rings. The van der Waals surface area contributed by atoms with E-state index in [0.717, 1.165) is 37.1 Å². The van der Waals surface area contributed by atoms with E-state index in [-0.39, 0.29) is 5.91 Å². The van der Waals surface area contributed by atoms with E-state index in [0.29, 0.717) is 17.9 Å². The summed E-state index contributed by atoms with van der Waals surface area (Å²) in [5.41, 5.74) is 2.14. The molecule has 1 heterocycles. The number of carbonyl (C=O) groups excluding carboxylic acids is 1. The maximum atomic E-state index is 12.4. The van der Waals surface area contributed by atoms with Gasteiger partial charge in [-0.15, -0.1) is 0 Å². The summed E-state index contributed by atoms with van der Waals surface area (Å²) >= 11 is 0. The Kier molecular flexibility index (Phi) is 4.42. The minimum atomic E-state index is -0.921. The van der Waals surface area contributed by atoms with Crippen LogP contribution in [0, 0.1) is 5.92 Å². The highest BCUT2D eigenvalue weighted by atomic mass is 16.4. The number of aromatic carboxylic acids is 1. The molecule has 1 aromatic carbocycles. The average Bonchev–Trinajstić information content (AvgIpc) is 2.45. The van der Waals surface area contributed by atoms with E-state index in [1.54, 1.807) is 18.2 Å². The lowest BCUT2D eigenvalue weighted by atomic mass is 9.97. The molecule has 0 saturated carbocycles. The van der Waals surface area contributed by atoms with Crippen LogP contribution in [0.2, 0.25) is 0 Å². The molecule has 1 amide bonds. The van der Waals surface area contributed by atoms with Crippen molar-refractivity contribution < 1.29 is 14.7 Å².